The van der Waals surface area contributed by atoms with Gasteiger partial charge in [-0.05, 0) is 40.1 Å². The van der Waals surface area contributed by atoms with E-state index in [0.29, 0.717) is 12.1 Å². The first-order chi connectivity index (χ1) is 11.5. The first kappa shape index (κ1) is 17.7. The molecular formula is C18H24N6. The minimum Gasteiger partial charge on any atom is -0.380 e. The van der Waals surface area contributed by atoms with Crippen LogP contribution in [0, 0.1) is 25.2 Å². The number of hydrogen-bond acceptors (Lipinski definition) is 6. The van der Waals surface area contributed by atoms with Crippen molar-refractivity contribution in [2.24, 2.45) is 0 Å². The molecule has 0 bridgehead atoms. The summed E-state index contributed by atoms with van der Waals surface area (Å²) in [7, 11) is 4.08. The van der Waals surface area contributed by atoms with E-state index in [-0.39, 0.29) is 0 Å². The van der Waals surface area contributed by atoms with E-state index in [1.807, 2.05) is 46.1 Å². The molecule has 2 N–H and O–H groups in total. The molecule has 0 aromatic carbocycles. The summed E-state index contributed by atoms with van der Waals surface area (Å²) in [5, 5.41) is 16.1. The molecular weight excluding hydrogens is 300 g/mol. The highest BCUT2D eigenvalue weighted by atomic mass is 15.1. The Morgan fingerprint density at radius 1 is 1.25 bits per heavy atom. The van der Waals surface area contributed by atoms with Gasteiger partial charge in [-0.1, -0.05) is 6.07 Å². The summed E-state index contributed by atoms with van der Waals surface area (Å²) in [5.74, 6) is 0.868. The lowest BCUT2D eigenvalue weighted by Crippen LogP contribution is -2.21. The van der Waals surface area contributed by atoms with E-state index in [1.54, 1.807) is 6.20 Å². The van der Waals surface area contributed by atoms with E-state index in [1.165, 1.54) is 0 Å². The van der Waals surface area contributed by atoms with E-state index < -0.39 is 0 Å². The predicted octanol–water partition coefficient (Wildman–Crippen LogP) is 2.55. The quantitative estimate of drug-likeness (QED) is 0.815. The van der Waals surface area contributed by atoms with Crippen LogP contribution < -0.4 is 10.6 Å². The van der Waals surface area contributed by atoms with Crippen LogP contribution in [0.3, 0.4) is 0 Å². The van der Waals surface area contributed by atoms with E-state index in [4.69, 9.17) is 0 Å². The van der Waals surface area contributed by atoms with Crippen molar-refractivity contribution in [2.45, 2.75) is 20.4 Å². The summed E-state index contributed by atoms with van der Waals surface area (Å²) in [6.07, 6.45) is 1.78. The number of aromatic nitrogens is 2. The highest BCUT2D eigenvalue weighted by Crippen LogP contribution is 2.21. The summed E-state index contributed by atoms with van der Waals surface area (Å²) in [5.41, 5.74) is 4.10. The first-order valence-electron chi connectivity index (χ1n) is 7.96. The molecule has 0 amide bonds. The molecule has 0 radical (unpaired) electrons. The van der Waals surface area contributed by atoms with Crippen LogP contribution in [-0.4, -0.2) is 42.1 Å². The number of pyridine rings is 2. The smallest absolute Gasteiger partial charge is 0.130 e. The van der Waals surface area contributed by atoms with Gasteiger partial charge in [0.05, 0.1) is 16.9 Å². The molecule has 6 nitrogen and oxygen atoms in total. The molecule has 0 saturated carbocycles. The minimum atomic E-state index is 0.589. The van der Waals surface area contributed by atoms with Crippen LogP contribution in [0.2, 0.25) is 0 Å². The van der Waals surface area contributed by atoms with Crippen molar-refractivity contribution in [1.29, 1.82) is 5.26 Å². The van der Waals surface area contributed by atoms with Gasteiger partial charge in [0, 0.05) is 37.1 Å². The average Bonchev–Trinajstić information content (AvgIpc) is 2.53. The fourth-order valence-electron chi connectivity index (χ4n) is 2.44. The van der Waals surface area contributed by atoms with Gasteiger partial charge in [0.2, 0.25) is 0 Å². The van der Waals surface area contributed by atoms with Crippen LogP contribution in [0.5, 0.6) is 0 Å². The van der Waals surface area contributed by atoms with E-state index >= 15 is 0 Å². The number of nitrogens with zero attached hydrogens (tertiary/aromatic N) is 4. The van der Waals surface area contributed by atoms with Crippen LogP contribution >= 0.6 is 0 Å². The average molecular weight is 324 g/mol. The Hall–Kier alpha value is -2.65. The lowest BCUT2D eigenvalue weighted by molar-refractivity contribution is 0.425. The molecule has 2 heterocycles. The summed E-state index contributed by atoms with van der Waals surface area (Å²) >= 11 is 0. The zero-order chi connectivity index (χ0) is 17.5. The van der Waals surface area contributed by atoms with Crippen molar-refractivity contribution in [3.63, 3.8) is 0 Å². The molecule has 24 heavy (non-hydrogen) atoms. The number of rotatable bonds is 7. The molecule has 0 aliphatic carbocycles. The predicted molar refractivity (Wildman–Crippen MR) is 97.0 cm³/mol. The molecule has 0 fully saturated rings. The van der Waals surface area contributed by atoms with Gasteiger partial charge in [-0.15, -0.1) is 0 Å². The van der Waals surface area contributed by atoms with Gasteiger partial charge in [-0.25, -0.2) is 4.98 Å². The maximum atomic E-state index is 9.35. The topological polar surface area (TPSA) is 76.9 Å². The Morgan fingerprint density at radius 3 is 2.75 bits per heavy atom. The third-order valence-electron chi connectivity index (χ3n) is 3.65. The standard InChI is InChI=1S/C18H24N6/c1-13-10-17(16(11-19)14(2)23-13)22-12-15-6-5-7-20-18(15)21-8-9-24(3)4/h5-7,10H,8-9,12H2,1-4H3,(H,20,21)(H,22,23). The SMILES string of the molecule is Cc1cc(NCc2cccnc2NCCN(C)C)c(C#N)c(C)n1. The number of nitrogens with one attached hydrogen (secondary N) is 2. The number of likely N-dealkylation sites (N-methyl/N-ethyl adjacent to an activating group) is 1. The minimum absolute atomic E-state index is 0.589. The van der Waals surface area contributed by atoms with Gasteiger partial charge in [0.1, 0.15) is 11.9 Å². The number of hydrogen-bond donors (Lipinski definition) is 2. The Kier molecular flexibility index (Phi) is 6.10. The van der Waals surface area contributed by atoms with Crippen LogP contribution in [0.15, 0.2) is 24.4 Å². The molecule has 0 spiro atoms. The Bertz CT molecular complexity index is 733. The fraction of sp³-hybridized carbons (Fsp3) is 0.389. The number of nitriles is 1. The first-order valence-corrected chi connectivity index (χ1v) is 7.96. The third-order valence-corrected chi connectivity index (χ3v) is 3.65. The van der Waals surface area contributed by atoms with Gasteiger partial charge >= 0.3 is 0 Å². The van der Waals surface area contributed by atoms with E-state index in [0.717, 1.165) is 41.5 Å². The maximum Gasteiger partial charge on any atom is 0.130 e. The molecule has 0 unspecified atom stereocenters. The summed E-state index contributed by atoms with van der Waals surface area (Å²) in [6.45, 7) is 6.14. The molecule has 2 aromatic rings. The lowest BCUT2D eigenvalue weighted by atomic mass is 10.1. The highest BCUT2D eigenvalue weighted by Gasteiger charge is 2.09. The van der Waals surface area contributed by atoms with Crippen LogP contribution in [0.1, 0.15) is 22.5 Å². The zero-order valence-electron chi connectivity index (χ0n) is 14.7. The van der Waals surface area contributed by atoms with Gasteiger partial charge in [-0.2, -0.15) is 5.26 Å². The van der Waals surface area contributed by atoms with Crippen LogP contribution in [0.4, 0.5) is 11.5 Å². The molecule has 6 heteroatoms. The molecule has 0 aliphatic rings. The van der Waals surface area contributed by atoms with Crippen molar-refractivity contribution < 1.29 is 0 Å². The van der Waals surface area contributed by atoms with Crippen LogP contribution in [-0.2, 0) is 6.54 Å². The summed E-state index contributed by atoms with van der Waals surface area (Å²) < 4.78 is 0. The Morgan fingerprint density at radius 2 is 2.04 bits per heavy atom. The van der Waals surface area contributed by atoms with Gasteiger partial charge in [-0.3, -0.25) is 4.98 Å². The third kappa shape index (κ3) is 4.67. The monoisotopic (exact) mass is 324 g/mol. The Labute approximate surface area is 143 Å². The normalized spacial score (nSPS) is 10.5. The van der Waals surface area contributed by atoms with Crippen molar-refractivity contribution in [3.8, 4) is 6.07 Å². The van der Waals surface area contributed by atoms with Crippen molar-refractivity contribution in [1.82, 2.24) is 14.9 Å². The Balaban J connectivity index is 2.11. The maximum absolute atomic E-state index is 9.35. The van der Waals surface area contributed by atoms with Crippen molar-refractivity contribution in [2.75, 3.05) is 37.8 Å². The summed E-state index contributed by atoms with van der Waals surface area (Å²) in [6, 6.07) is 8.08. The van der Waals surface area contributed by atoms with Crippen LogP contribution in [0.25, 0.3) is 0 Å². The lowest BCUT2D eigenvalue weighted by Gasteiger charge is -2.15. The molecule has 0 atom stereocenters. The number of anilines is 2. The summed E-state index contributed by atoms with van der Waals surface area (Å²) in [4.78, 5) is 10.9. The zero-order valence-corrected chi connectivity index (χ0v) is 14.7. The molecule has 0 saturated heterocycles. The molecule has 2 aromatic heterocycles. The van der Waals surface area contributed by atoms with Crippen molar-refractivity contribution in [3.05, 3.63) is 46.9 Å². The second-order valence-electron chi connectivity index (χ2n) is 5.98. The second kappa shape index (κ2) is 8.27. The van der Waals surface area contributed by atoms with E-state index in [2.05, 4.69) is 31.6 Å². The van der Waals surface area contributed by atoms with Gasteiger partial charge in [0.15, 0.2) is 0 Å². The second-order valence-corrected chi connectivity index (χ2v) is 5.98. The van der Waals surface area contributed by atoms with Crippen molar-refractivity contribution >= 4 is 11.5 Å². The molecule has 126 valence electrons. The molecule has 0 aliphatic heterocycles. The largest absolute Gasteiger partial charge is 0.380 e. The molecule has 2 rings (SSSR count). The van der Waals surface area contributed by atoms with E-state index in [9.17, 15) is 5.26 Å². The number of aryl methyl sites for hydroxylation is 2. The fourth-order valence-corrected chi connectivity index (χ4v) is 2.44. The highest BCUT2D eigenvalue weighted by molar-refractivity contribution is 5.60. The van der Waals surface area contributed by atoms with Gasteiger partial charge in [0.25, 0.3) is 0 Å². The van der Waals surface area contributed by atoms with Gasteiger partial charge < -0.3 is 15.5 Å².